The van der Waals surface area contributed by atoms with E-state index in [0.29, 0.717) is 0 Å². The van der Waals surface area contributed by atoms with Gasteiger partial charge in [0.1, 0.15) is 11.9 Å². The molecule has 3 rings (SSSR count). The molecular weight excluding hydrogens is 230 g/mol. The molecule has 17 heavy (non-hydrogen) atoms. The van der Waals surface area contributed by atoms with E-state index in [1.54, 1.807) is 11.3 Å². The zero-order valence-corrected chi connectivity index (χ0v) is 10.6. The predicted molar refractivity (Wildman–Crippen MR) is 71.7 cm³/mol. The summed E-state index contributed by atoms with van der Waals surface area (Å²) in [4.78, 5) is 1.36. The quantitative estimate of drug-likeness (QED) is 0.894. The SMILES string of the molecule is CCNCC1Oc2ccccc2-c2sccc21. The number of para-hydroxylation sites is 1. The number of likely N-dealkylation sites (N-methyl/N-ethyl adjacent to an activating group) is 1. The maximum Gasteiger partial charge on any atom is 0.138 e. The first-order valence-corrected chi connectivity index (χ1v) is 6.82. The van der Waals surface area contributed by atoms with E-state index in [1.165, 1.54) is 16.0 Å². The van der Waals surface area contributed by atoms with Gasteiger partial charge in [-0.3, -0.25) is 0 Å². The second-order valence-corrected chi connectivity index (χ2v) is 5.03. The zero-order chi connectivity index (χ0) is 11.7. The van der Waals surface area contributed by atoms with Crippen LogP contribution in [-0.4, -0.2) is 13.1 Å². The Labute approximate surface area is 105 Å². The van der Waals surface area contributed by atoms with Crippen LogP contribution in [-0.2, 0) is 0 Å². The number of rotatable bonds is 3. The van der Waals surface area contributed by atoms with Crippen molar-refractivity contribution in [2.45, 2.75) is 13.0 Å². The van der Waals surface area contributed by atoms with Crippen molar-refractivity contribution in [1.29, 1.82) is 0 Å². The molecule has 1 N–H and O–H groups in total. The smallest absolute Gasteiger partial charge is 0.138 e. The van der Waals surface area contributed by atoms with Crippen molar-refractivity contribution >= 4 is 11.3 Å². The van der Waals surface area contributed by atoms with E-state index >= 15 is 0 Å². The third-order valence-corrected chi connectivity index (χ3v) is 3.99. The van der Waals surface area contributed by atoms with E-state index in [9.17, 15) is 0 Å². The average Bonchev–Trinajstić information content (AvgIpc) is 2.85. The van der Waals surface area contributed by atoms with Crippen LogP contribution < -0.4 is 10.1 Å². The standard InChI is InChI=1S/C14H15NOS/c1-2-15-9-13-11-7-8-17-14(11)10-5-3-4-6-12(10)16-13/h3-8,13,15H,2,9H2,1H3. The minimum absolute atomic E-state index is 0.145. The molecule has 0 bridgehead atoms. The van der Waals surface area contributed by atoms with Gasteiger partial charge in [0.2, 0.25) is 0 Å². The molecule has 0 radical (unpaired) electrons. The highest BCUT2D eigenvalue weighted by Crippen LogP contribution is 2.44. The number of ether oxygens (including phenoxy) is 1. The lowest BCUT2D eigenvalue weighted by molar-refractivity contribution is 0.200. The van der Waals surface area contributed by atoms with E-state index < -0.39 is 0 Å². The van der Waals surface area contributed by atoms with E-state index in [1.807, 2.05) is 6.07 Å². The third-order valence-electron chi connectivity index (χ3n) is 3.02. The Morgan fingerprint density at radius 1 is 1.29 bits per heavy atom. The first-order valence-electron chi connectivity index (χ1n) is 5.94. The lowest BCUT2D eigenvalue weighted by Gasteiger charge is -2.26. The second kappa shape index (κ2) is 4.51. The Morgan fingerprint density at radius 3 is 3.06 bits per heavy atom. The van der Waals surface area contributed by atoms with Crippen LogP contribution in [0.5, 0.6) is 5.75 Å². The van der Waals surface area contributed by atoms with Crippen LogP contribution in [0, 0.1) is 0 Å². The molecule has 2 aromatic rings. The molecule has 0 aliphatic carbocycles. The molecule has 2 heterocycles. The average molecular weight is 245 g/mol. The van der Waals surface area contributed by atoms with Gasteiger partial charge in [0.15, 0.2) is 0 Å². The molecule has 0 fully saturated rings. The highest BCUT2D eigenvalue weighted by atomic mass is 32.1. The fourth-order valence-corrected chi connectivity index (χ4v) is 3.17. The van der Waals surface area contributed by atoms with E-state index in [0.717, 1.165) is 18.8 Å². The lowest BCUT2D eigenvalue weighted by atomic mass is 10.0. The summed E-state index contributed by atoms with van der Waals surface area (Å²) >= 11 is 1.80. The van der Waals surface area contributed by atoms with Crippen molar-refractivity contribution in [3.63, 3.8) is 0 Å². The highest BCUT2D eigenvalue weighted by Gasteiger charge is 2.26. The molecule has 0 spiro atoms. The van der Waals surface area contributed by atoms with Crippen LogP contribution in [0.15, 0.2) is 35.7 Å². The molecular formula is C14H15NOS. The van der Waals surface area contributed by atoms with E-state index in [-0.39, 0.29) is 6.10 Å². The second-order valence-electron chi connectivity index (χ2n) is 4.12. The Bertz CT molecular complexity index is 520. The molecule has 1 aliphatic heterocycles. The normalized spacial score (nSPS) is 17.1. The van der Waals surface area contributed by atoms with Gasteiger partial charge in [-0.2, -0.15) is 0 Å². The van der Waals surface area contributed by atoms with Gasteiger partial charge in [-0.1, -0.05) is 19.1 Å². The Kier molecular flexibility index (Phi) is 2.87. The third kappa shape index (κ3) is 1.85. The topological polar surface area (TPSA) is 21.3 Å². The van der Waals surface area contributed by atoms with Gasteiger partial charge in [0.25, 0.3) is 0 Å². The van der Waals surface area contributed by atoms with Crippen molar-refractivity contribution in [3.05, 3.63) is 41.3 Å². The molecule has 1 aromatic carbocycles. The van der Waals surface area contributed by atoms with Gasteiger partial charge in [0.05, 0.1) is 0 Å². The van der Waals surface area contributed by atoms with Crippen molar-refractivity contribution in [2.75, 3.05) is 13.1 Å². The fourth-order valence-electron chi connectivity index (χ4n) is 2.19. The van der Waals surface area contributed by atoms with Crippen LogP contribution >= 0.6 is 11.3 Å². The number of thiophene rings is 1. The molecule has 88 valence electrons. The summed E-state index contributed by atoms with van der Waals surface area (Å²) in [6.45, 7) is 3.96. The van der Waals surface area contributed by atoms with Gasteiger partial charge in [-0.05, 0) is 30.1 Å². The van der Waals surface area contributed by atoms with E-state index in [2.05, 4.69) is 41.9 Å². The summed E-state index contributed by atoms with van der Waals surface area (Å²) in [6.07, 6.45) is 0.145. The van der Waals surface area contributed by atoms with Gasteiger partial charge >= 0.3 is 0 Å². The lowest BCUT2D eigenvalue weighted by Crippen LogP contribution is -2.26. The molecule has 1 atom stereocenters. The van der Waals surface area contributed by atoms with Crippen molar-refractivity contribution < 1.29 is 4.74 Å². The Balaban J connectivity index is 2.01. The molecule has 1 aromatic heterocycles. The monoisotopic (exact) mass is 245 g/mol. The van der Waals surface area contributed by atoms with Gasteiger partial charge < -0.3 is 10.1 Å². The summed E-state index contributed by atoms with van der Waals surface area (Å²) in [6, 6.07) is 10.5. The minimum atomic E-state index is 0.145. The van der Waals surface area contributed by atoms with Crippen molar-refractivity contribution in [2.24, 2.45) is 0 Å². The number of benzene rings is 1. The minimum Gasteiger partial charge on any atom is -0.484 e. The van der Waals surface area contributed by atoms with Crippen LogP contribution in [0.1, 0.15) is 18.6 Å². The molecule has 1 aliphatic rings. The van der Waals surface area contributed by atoms with E-state index in [4.69, 9.17) is 4.74 Å². The number of fused-ring (bicyclic) bond motifs is 3. The maximum atomic E-state index is 6.06. The summed E-state index contributed by atoms with van der Waals surface area (Å²) in [7, 11) is 0. The molecule has 0 amide bonds. The van der Waals surface area contributed by atoms with Crippen molar-refractivity contribution in [3.8, 4) is 16.2 Å². The van der Waals surface area contributed by atoms with Crippen LogP contribution in [0.4, 0.5) is 0 Å². The summed E-state index contributed by atoms with van der Waals surface area (Å²) in [5.74, 6) is 1.00. The first-order chi connectivity index (χ1) is 8.40. The largest absolute Gasteiger partial charge is 0.484 e. The molecule has 2 nitrogen and oxygen atoms in total. The molecule has 3 heteroatoms. The molecule has 1 unspecified atom stereocenters. The maximum absolute atomic E-state index is 6.06. The highest BCUT2D eigenvalue weighted by molar-refractivity contribution is 7.13. The number of nitrogens with one attached hydrogen (secondary N) is 1. The van der Waals surface area contributed by atoms with Crippen molar-refractivity contribution in [1.82, 2.24) is 5.32 Å². The molecule has 0 saturated heterocycles. The predicted octanol–water partition coefficient (Wildman–Crippen LogP) is 3.46. The number of hydrogen-bond donors (Lipinski definition) is 1. The Hall–Kier alpha value is -1.32. The first kappa shape index (κ1) is 10.8. The van der Waals surface area contributed by atoms with Gasteiger partial charge in [-0.15, -0.1) is 11.3 Å². The van der Waals surface area contributed by atoms with Crippen LogP contribution in [0.25, 0.3) is 10.4 Å². The van der Waals surface area contributed by atoms with Crippen LogP contribution in [0.2, 0.25) is 0 Å². The number of hydrogen-bond acceptors (Lipinski definition) is 3. The Morgan fingerprint density at radius 2 is 2.18 bits per heavy atom. The van der Waals surface area contributed by atoms with Gasteiger partial charge in [-0.25, -0.2) is 0 Å². The fraction of sp³-hybridized carbons (Fsp3) is 0.286. The van der Waals surface area contributed by atoms with Gasteiger partial charge in [0, 0.05) is 22.5 Å². The van der Waals surface area contributed by atoms with Crippen LogP contribution in [0.3, 0.4) is 0 Å². The summed E-state index contributed by atoms with van der Waals surface area (Å²) in [5, 5.41) is 5.51. The zero-order valence-electron chi connectivity index (χ0n) is 9.77. The summed E-state index contributed by atoms with van der Waals surface area (Å²) in [5.41, 5.74) is 2.54. The summed E-state index contributed by atoms with van der Waals surface area (Å²) < 4.78 is 6.06. The molecule has 0 saturated carbocycles.